The van der Waals surface area contributed by atoms with Gasteiger partial charge in [0.15, 0.2) is 0 Å². The maximum absolute atomic E-state index is 10.3. The van der Waals surface area contributed by atoms with E-state index in [1.165, 1.54) is 12.5 Å². The van der Waals surface area contributed by atoms with E-state index in [2.05, 4.69) is 0 Å². The number of hydrogen-bond acceptors (Lipinski definition) is 1. The molecule has 1 heterocycles. The highest BCUT2D eigenvalue weighted by Crippen LogP contribution is 2.04. The van der Waals surface area contributed by atoms with Crippen molar-refractivity contribution in [1.82, 2.24) is 0 Å². The monoisotopic (exact) mass is 100 g/mol. The Morgan fingerprint density at radius 1 is 1.67 bits per heavy atom. The van der Waals surface area contributed by atoms with Crippen LogP contribution in [0.4, 0.5) is 0 Å². The van der Waals surface area contributed by atoms with Crippen molar-refractivity contribution in [2.75, 3.05) is 0 Å². The van der Waals surface area contributed by atoms with Crippen LogP contribution in [-0.2, 0) is 4.79 Å². The SMILES string of the molecule is O=C1CCC[SiH2]1. The molecule has 0 aromatic carbocycles. The second-order valence-electron chi connectivity index (χ2n) is 1.75. The predicted molar refractivity (Wildman–Crippen MR) is 27.6 cm³/mol. The van der Waals surface area contributed by atoms with Crippen LogP contribution in [0.15, 0.2) is 0 Å². The van der Waals surface area contributed by atoms with E-state index in [0.717, 1.165) is 6.42 Å². The molecule has 0 spiro atoms. The molecule has 6 heavy (non-hydrogen) atoms. The molecule has 2 heteroatoms. The van der Waals surface area contributed by atoms with Gasteiger partial charge in [0.2, 0.25) is 0 Å². The van der Waals surface area contributed by atoms with Crippen LogP contribution in [0.3, 0.4) is 0 Å². The molecule has 1 aliphatic heterocycles. The third kappa shape index (κ3) is 0.683. The lowest BCUT2D eigenvalue weighted by Crippen LogP contribution is -1.95. The maximum Gasteiger partial charge on any atom is 0.104 e. The molecule has 0 atom stereocenters. The van der Waals surface area contributed by atoms with Gasteiger partial charge < -0.3 is 4.79 Å². The normalized spacial score (nSPS) is 26.3. The van der Waals surface area contributed by atoms with Crippen molar-refractivity contribution in [2.24, 2.45) is 0 Å². The van der Waals surface area contributed by atoms with E-state index in [1.807, 2.05) is 0 Å². The fourth-order valence-electron chi connectivity index (χ4n) is 0.769. The Hall–Kier alpha value is -0.113. The average molecular weight is 100 g/mol. The lowest BCUT2D eigenvalue weighted by Gasteiger charge is -1.71. The van der Waals surface area contributed by atoms with E-state index in [0.29, 0.717) is 5.41 Å². The average Bonchev–Trinajstić information content (AvgIpc) is 1.86. The van der Waals surface area contributed by atoms with E-state index in [9.17, 15) is 4.79 Å². The van der Waals surface area contributed by atoms with Crippen molar-refractivity contribution in [1.29, 1.82) is 0 Å². The predicted octanol–water partition coefficient (Wildman–Crippen LogP) is -0.106. The first kappa shape index (κ1) is 4.06. The first-order valence-corrected chi connectivity index (χ1v) is 4.12. The summed E-state index contributed by atoms with van der Waals surface area (Å²) in [5.41, 5.74) is 0. The van der Waals surface area contributed by atoms with Crippen molar-refractivity contribution in [3.8, 4) is 0 Å². The van der Waals surface area contributed by atoms with E-state index in [4.69, 9.17) is 0 Å². The molecule has 1 aliphatic rings. The summed E-state index contributed by atoms with van der Waals surface area (Å²) in [5.74, 6) is 0. The molecule has 0 aliphatic carbocycles. The molecule has 0 N–H and O–H groups in total. The largest absolute Gasteiger partial charge is 0.306 e. The van der Waals surface area contributed by atoms with Crippen LogP contribution in [0, 0.1) is 0 Å². The molecule has 1 nitrogen and oxygen atoms in total. The zero-order chi connectivity index (χ0) is 4.41. The summed E-state index contributed by atoms with van der Waals surface area (Å²) in [7, 11) is -0.171. The van der Waals surface area contributed by atoms with Crippen molar-refractivity contribution >= 4 is 14.9 Å². The molecule has 0 radical (unpaired) electrons. The van der Waals surface area contributed by atoms with E-state index in [1.54, 1.807) is 0 Å². The molecule has 0 saturated carbocycles. The fourth-order valence-corrected chi connectivity index (χ4v) is 2.16. The zero-order valence-electron chi connectivity index (χ0n) is 3.74. The molecule has 0 unspecified atom stereocenters. The van der Waals surface area contributed by atoms with Gasteiger partial charge in [0.05, 0.1) is 0 Å². The Balaban J connectivity index is 2.37. The van der Waals surface area contributed by atoms with Crippen LogP contribution >= 0.6 is 0 Å². The Morgan fingerprint density at radius 2 is 2.50 bits per heavy atom. The highest BCUT2D eigenvalue weighted by Gasteiger charge is 2.08. The third-order valence-electron chi connectivity index (χ3n) is 1.16. The molecule has 0 bridgehead atoms. The quantitative estimate of drug-likeness (QED) is 0.388. The summed E-state index contributed by atoms with van der Waals surface area (Å²) < 4.78 is 0. The zero-order valence-corrected chi connectivity index (χ0v) is 5.15. The number of carbonyl (C=O) groups excluding carboxylic acids is 1. The van der Waals surface area contributed by atoms with E-state index in [-0.39, 0.29) is 9.52 Å². The van der Waals surface area contributed by atoms with Gasteiger partial charge in [-0.2, -0.15) is 0 Å². The van der Waals surface area contributed by atoms with Crippen LogP contribution in [0.5, 0.6) is 0 Å². The van der Waals surface area contributed by atoms with E-state index < -0.39 is 0 Å². The smallest absolute Gasteiger partial charge is 0.104 e. The lowest BCUT2D eigenvalue weighted by molar-refractivity contribution is -0.111. The second kappa shape index (κ2) is 1.56. The van der Waals surface area contributed by atoms with Gasteiger partial charge in [-0.3, -0.25) is 0 Å². The summed E-state index contributed by atoms with van der Waals surface area (Å²) in [6.07, 6.45) is 2.11. The first-order chi connectivity index (χ1) is 2.89. The molecule has 1 rings (SSSR count). The highest BCUT2D eigenvalue weighted by molar-refractivity contribution is 6.75. The van der Waals surface area contributed by atoms with Crippen LogP contribution < -0.4 is 0 Å². The summed E-state index contributed by atoms with van der Waals surface area (Å²) in [6, 6.07) is 1.28. The summed E-state index contributed by atoms with van der Waals surface area (Å²) in [6.45, 7) is 0. The Morgan fingerprint density at radius 3 is 2.67 bits per heavy atom. The molecule has 0 aromatic rings. The van der Waals surface area contributed by atoms with Crippen LogP contribution in [0.2, 0.25) is 6.04 Å². The highest BCUT2D eigenvalue weighted by atomic mass is 28.2. The molecule has 0 aromatic heterocycles. The van der Waals surface area contributed by atoms with Gasteiger partial charge in [-0.05, 0) is 6.42 Å². The molecule has 1 saturated heterocycles. The maximum atomic E-state index is 10.3. The van der Waals surface area contributed by atoms with Gasteiger partial charge in [0.25, 0.3) is 0 Å². The van der Waals surface area contributed by atoms with Crippen molar-refractivity contribution in [3.05, 3.63) is 0 Å². The molecule has 34 valence electrons. The minimum atomic E-state index is -0.171. The Labute approximate surface area is 39.6 Å². The minimum absolute atomic E-state index is 0.171. The van der Waals surface area contributed by atoms with Gasteiger partial charge in [-0.1, -0.05) is 6.04 Å². The number of hydrogen-bond donors (Lipinski definition) is 0. The van der Waals surface area contributed by atoms with Crippen molar-refractivity contribution in [2.45, 2.75) is 18.9 Å². The first-order valence-electron chi connectivity index (χ1n) is 2.41. The summed E-state index contributed by atoms with van der Waals surface area (Å²) in [5, 5.41) is 0.593. The molecular weight excluding hydrogens is 92.1 g/mol. The van der Waals surface area contributed by atoms with Gasteiger partial charge in [0, 0.05) is 6.42 Å². The number of carbonyl (C=O) groups is 1. The van der Waals surface area contributed by atoms with Crippen LogP contribution in [0.1, 0.15) is 12.8 Å². The standard InChI is InChI=1S/C4H8OSi/c5-4-2-1-3-6-4/h1-3,6H2. The third-order valence-corrected chi connectivity index (χ3v) is 2.93. The van der Waals surface area contributed by atoms with Crippen LogP contribution in [0.25, 0.3) is 0 Å². The molecular formula is C4H8OSi. The van der Waals surface area contributed by atoms with E-state index >= 15 is 0 Å². The van der Waals surface area contributed by atoms with Crippen LogP contribution in [-0.4, -0.2) is 14.9 Å². The fraction of sp³-hybridized carbons (Fsp3) is 0.750. The lowest BCUT2D eigenvalue weighted by atomic mass is 10.4. The minimum Gasteiger partial charge on any atom is -0.306 e. The number of rotatable bonds is 0. The molecule has 1 fully saturated rings. The van der Waals surface area contributed by atoms with Gasteiger partial charge in [-0.15, -0.1) is 0 Å². The van der Waals surface area contributed by atoms with Gasteiger partial charge >= 0.3 is 0 Å². The Bertz CT molecular complexity index is 61.9. The summed E-state index contributed by atoms with van der Waals surface area (Å²) >= 11 is 0. The van der Waals surface area contributed by atoms with Gasteiger partial charge in [0.1, 0.15) is 14.9 Å². The Kier molecular flexibility index (Phi) is 1.05. The van der Waals surface area contributed by atoms with Gasteiger partial charge in [-0.25, -0.2) is 0 Å². The summed E-state index contributed by atoms with van der Waals surface area (Å²) in [4.78, 5) is 10.3. The topological polar surface area (TPSA) is 17.1 Å². The van der Waals surface area contributed by atoms with Crippen molar-refractivity contribution in [3.63, 3.8) is 0 Å². The molecule has 0 amide bonds. The van der Waals surface area contributed by atoms with Crippen molar-refractivity contribution < 1.29 is 4.79 Å². The second-order valence-corrected chi connectivity index (χ2v) is 3.74.